The maximum Gasteiger partial charge on any atom is 0.407 e. The summed E-state index contributed by atoms with van der Waals surface area (Å²) in [4.78, 5) is 11.6. The first-order valence-electron chi connectivity index (χ1n) is 6.04. The van der Waals surface area contributed by atoms with Crippen LogP contribution in [0.1, 0.15) is 46.0 Å². The lowest BCUT2D eigenvalue weighted by Gasteiger charge is -2.25. The second-order valence-electron chi connectivity index (χ2n) is 5.12. The zero-order valence-electron chi connectivity index (χ0n) is 11.3. The minimum absolute atomic E-state index is 0.429. The number of alkyl carbamates (subject to hydrolysis) is 1. The van der Waals surface area contributed by atoms with Gasteiger partial charge in [0.15, 0.2) is 0 Å². The first-order valence-corrected chi connectivity index (χ1v) is 6.04. The molecule has 0 aromatic carbocycles. The third kappa shape index (κ3) is 4.41. The number of furan rings is 1. The average molecular weight is 255 g/mol. The largest absolute Gasteiger partial charge is 0.467 e. The van der Waals surface area contributed by atoms with E-state index in [1.165, 1.54) is 6.26 Å². The van der Waals surface area contributed by atoms with Crippen molar-refractivity contribution in [3.8, 4) is 0 Å². The van der Waals surface area contributed by atoms with Crippen LogP contribution in [0, 0.1) is 0 Å². The molecule has 1 aromatic rings. The Kier molecular flexibility index (Phi) is 4.78. The summed E-state index contributed by atoms with van der Waals surface area (Å²) >= 11 is 0. The van der Waals surface area contributed by atoms with Crippen molar-refractivity contribution in [2.45, 2.75) is 51.9 Å². The van der Waals surface area contributed by atoms with Gasteiger partial charge >= 0.3 is 6.09 Å². The van der Waals surface area contributed by atoms with Gasteiger partial charge in [-0.2, -0.15) is 0 Å². The molecule has 0 aliphatic carbocycles. The van der Waals surface area contributed by atoms with Gasteiger partial charge in [0.2, 0.25) is 0 Å². The van der Waals surface area contributed by atoms with Crippen LogP contribution in [0.3, 0.4) is 0 Å². The highest BCUT2D eigenvalue weighted by Gasteiger charge is 2.25. The Morgan fingerprint density at radius 2 is 2.22 bits per heavy atom. The molecular formula is C13H21NO4. The average Bonchev–Trinajstić information content (AvgIpc) is 2.75. The van der Waals surface area contributed by atoms with Crippen molar-refractivity contribution in [2.75, 3.05) is 0 Å². The molecule has 0 aliphatic rings. The Morgan fingerprint density at radius 1 is 1.56 bits per heavy atom. The Hall–Kier alpha value is -1.49. The molecule has 1 rings (SSSR count). The van der Waals surface area contributed by atoms with Crippen molar-refractivity contribution < 1.29 is 19.1 Å². The van der Waals surface area contributed by atoms with Gasteiger partial charge < -0.3 is 19.6 Å². The monoisotopic (exact) mass is 255 g/mol. The number of hydrogen-bond donors (Lipinski definition) is 2. The van der Waals surface area contributed by atoms with Gasteiger partial charge in [0.25, 0.3) is 0 Å². The molecule has 0 radical (unpaired) electrons. The Morgan fingerprint density at radius 3 is 2.67 bits per heavy atom. The quantitative estimate of drug-likeness (QED) is 0.867. The van der Waals surface area contributed by atoms with E-state index in [4.69, 9.17) is 9.15 Å². The van der Waals surface area contributed by atoms with Crippen LogP contribution in [0.4, 0.5) is 4.79 Å². The molecule has 5 heteroatoms. The van der Waals surface area contributed by atoms with Gasteiger partial charge in [-0.15, -0.1) is 0 Å². The molecule has 0 aliphatic heterocycles. The van der Waals surface area contributed by atoms with Gasteiger partial charge in [0, 0.05) is 0 Å². The molecule has 1 heterocycles. The van der Waals surface area contributed by atoms with Crippen LogP contribution in [0.15, 0.2) is 22.8 Å². The Balaban J connectivity index is 2.59. The van der Waals surface area contributed by atoms with Crippen molar-refractivity contribution in [1.29, 1.82) is 0 Å². The molecule has 102 valence electrons. The van der Waals surface area contributed by atoms with Gasteiger partial charge in [-0.1, -0.05) is 6.92 Å². The highest BCUT2D eigenvalue weighted by Crippen LogP contribution is 2.19. The molecule has 0 saturated carbocycles. The lowest BCUT2D eigenvalue weighted by Crippen LogP contribution is -2.41. The number of ether oxygens (including phenoxy) is 1. The predicted octanol–water partition coefficient (Wildman–Crippen LogP) is 2.62. The second kappa shape index (κ2) is 5.91. The minimum Gasteiger partial charge on any atom is -0.467 e. The van der Waals surface area contributed by atoms with E-state index < -0.39 is 23.8 Å². The van der Waals surface area contributed by atoms with Gasteiger partial charge in [-0.25, -0.2) is 4.79 Å². The molecule has 1 aromatic heterocycles. The van der Waals surface area contributed by atoms with Crippen LogP contribution in [-0.2, 0) is 4.74 Å². The summed E-state index contributed by atoms with van der Waals surface area (Å²) in [7, 11) is 0. The predicted molar refractivity (Wildman–Crippen MR) is 67.1 cm³/mol. The maximum absolute atomic E-state index is 11.6. The lowest BCUT2D eigenvalue weighted by atomic mass is 10.1. The molecule has 1 amide bonds. The summed E-state index contributed by atoms with van der Waals surface area (Å²) in [6.45, 7) is 7.23. The zero-order valence-corrected chi connectivity index (χ0v) is 11.3. The number of amides is 1. The van der Waals surface area contributed by atoms with E-state index in [0.29, 0.717) is 12.2 Å². The van der Waals surface area contributed by atoms with Crippen LogP contribution in [0.25, 0.3) is 0 Å². The smallest absolute Gasteiger partial charge is 0.407 e. The lowest BCUT2D eigenvalue weighted by molar-refractivity contribution is 0.0393. The third-order valence-corrected chi connectivity index (χ3v) is 2.36. The molecule has 2 N–H and O–H groups in total. The van der Waals surface area contributed by atoms with E-state index in [-0.39, 0.29) is 0 Å². The first-order chi connectivity index (χ1) is 8.33. The molecule has 2 atom stereocenters. The third-order valence-electron chi connectivity index (χ3n) is 2.36. The molecule has 0 bridgehead atoms. The standard InChI is InChI=1S/C13H21NO4/c1-5-9(11(15)10-7-6-8-17-10)14-12(16)18-13(2,3)4/h6-9,11,15H,5H2,1-4H3,(H,14,16)/t9-,11+/m1/s1. The number of rotatable bonds is 4. The van der Waals surface area contributed by atoms with E-state index in [1.807, 2.05) is 6.92 Å². The van der Waals surface area contributed by atoms with Gasteiger partial charge in [0.1, 0.15) is 17.5 Å². The number of carbonyl (C=O) groups excluding carboxylic acids is 1. The number of carbonyl (C=O) groups is 1. The fourth-order valence-electron chi connectivity index (χ4n) is 1.52. The minimum atomic E-state index is -0.877. The van der Waals surface area contributed by atoms with Crippen molar-refractivity contribution in [3.63, 3.8) is 0 Å². The topological polar surface area (TPSA) is 71.7 Å². The zero-order chi connectivity index (χ0) is 13.8. The van der Waals surface area contributed by atoms with E-state index >= 15 is 0 Å². The number of aliphatic hydroxyl groups is 1. The normalized spacial score (nSPS) is 14.9. The van der Waals surface area contributed by atoms with Gasteiger partial charge in [-0.3, -0.25) is 0 Å². The number of hydrogen-bond acceptors (Lipinski definition) is 4. The molecular weight excluding hydrogens is 234 g/mol. The van der Waals surface area contributed by atoms with Crippen LogP contribution < -0.4 is 5.32 Å². The van der Waals surface area contributed by atoms with E-state index in [2.05, 4.69) is 5.32 Å². The van der Waals surface area contributed by atoms with Gasteiger partial charge in [-0.05, 0) is 39.3 Å². The summed E-state index contributed by atoms with van der Waals surface area (Å²) in [6.07, 6.45) is 0.636. The molecule has 0 saturated heterocycles. The molecule has 0 unspecified atom stereocenters. The first kappa shape index (κ1) is 14.6. The summed E-state index contributed by atoms with van der Waals surface area (Å²) in [5.41, 5.74) is -0.558. The van der Waals surface area contributed by atoms with Crippen molar-refractivity contribution >= 4 is 6.09 Å². The van der Waals surface area contributed by atoms with Crippen molar-refractivity contribution in [1.82, 2.24) is 5.32 Å². The van der Waals surface area contributed by atoms with Crippen molar-refractivity contribution in [3.05, 3.63) is 24.2 Å². The summed E-state index contributed by atoms with van der Waals surface area (Å²) in [6, 6.07) is 2.93. The number of nitrogens with one attached hydrogen (secondary N) is 1. The van der Waals surface area contributed by atoms with Gasteiger partial charge in [0.05, 0.1) is 12.3 Å². The summed E-state index contributed by atoms with van der Waals surface area (Å²) in [5, 5.41) is 12.7. The van der Waals surface area contributed by atoms with Crippen molar-refractivity contribution in [2.24, 2.45) is 0 Å². The van der Waals surface area contributed by atoms with Crippen LogP contribution in [0.5, 0.6) is 0 Å². The highest BCUT2D eigenvalue weighted by molar-refractivity contribution is 5.68. The Bertz CT molecular complexity index is 367. The van der Waals surface area contributed by atoms with Crippen LogP contribution in [-0.4, -0.2) is 22.8 Å². The summed E-state index contributed by atoms with van der Waals surface area (Å²) in [5.74, 6) is 0.429. The Labute approximate surface area is 107 Å². The van der Waals surface area contributed by atoms with E-state index in [1.54, 1.807) is 32.9 Å². The van der Waals surface area contributed by atoms with Crippen LogP contribution in [0.2, 0.25) is 0 Å². The van der Waals surface area contributed by atoms with E-state index in [0.717, 1.165) is 0 Å². The second-order valence-corrected chi connectivity index (χ2v) is 5.12. The molecule has 18 heavy (non-hydrogen) atoms. The maximum atomic E-state index is 11.6. The highest BCUT2D eigenvalue weighted by atomic mass is 16.6. The van der Waals surface area contributed by atoms with Crippen LogP contribution >= 0.6 is 0 Å². The summed E-state index contributed by atoms with van der Waals surface area (Å²) < 4.78 is 10.3. The molecule has 5 nitrogen and oxygen atoms in total. The molecule has 0 fully saturated rings. The fraction of sp³-hybridized carbons (Fsp3) is 0.615. The SMILES string of the molecule is CC[C@@H](NC(=O)OC(C)(C)C)[C@H](O)c1ccco1. The number of aliphatic hydroxyl groups excluding tert-OH is 1. The molecule has 0 spiro atoms. The van der Waals surface area contributed by atoms with E-state index in [9.17, 15) is 9.90 Å². The fourth-order valence-corrected chi connectivity index (χ4v) is 1.52.